The molecule has 0 radical (unpaired) electrons. The van der Waals surface area contributed by atoms with Gasteiger partial charge >= 0.3 is 0 Å². The molecular formula is C9H14ClN3O2S. The maximum atomic E-state index is 11.4. The Morgan fingerprint density at radius 1 is 1.50 bits per heavy atom. The molecule has 0 saturated carbocycles. The molecule has 1 aromatic heterocycles. The summed E-state index contributed by atoms with van der Waals surface area (Å²) < 4.78 is 25.1. The molecule has 2 N–H and O–H groups in total. The van der Waals surface area contributed by atoms with E-state index in [9.17, 15) is 8.42 Å². The number of anilines is 1. The Labute approximate surface area is 100 Å². The van der Waals surface area contributed by atoms with Crippen LogP contribution in [-0.2, 0) is 10.0 Å². The molecule has 0 atom stereocenters. The summed E-state index contributed by atoms with van der Waals surface area (Å²) in [7, 11) is -2.14. The lowest BCUT2D eigenvalue weighted by atomic mass is 10.4. The van der Waals surface area contributed by atoms with Crippen LogP contribution in [0, 0.1) is 0 Å². The van der Waals surface area contributed by atoms with Crippen molar-refractivity contribution in [3.63, 3.8) is 0 Å². The van der Waals surface area contributed by atoms with Crippen LogP contribution in [0.2, 0.25) is 5.02 Å². The molecule has 0 aromatic carbocycles. The standard InChI is InChI=1S/C9H14ClN3O2S/c1-3-4-12-9-8(10)5-7(6-13-9)16(14,15)11-2/h5-6,11H,3-4H2,1-2H3,(H,12,13). The van der Waals surface area contributed by atoms with E-state index in [2.05, 4.69) is 15.0 Å². The average molecular weight is 264 g/mol. The van der Waals surface area contributed by atoms with Crippen molar-refractivity contribution in [1.29, 1.82) is 0 Å². The summed E-state index contributed by atoms with van der Waals surface area (Å²) in [5, 5.41) is 3.30. The Morgan fingerprint density at radius 3 is 2.69 bits per heavy atom. The third-order valence-electron chi connectivity index (χ3n) is 1.94. The monoisotopic (exact) mass is 263 g/mol. The van der Waals surface area contributed by atoms with E-state index in [1.54, 1.807) is 0 Å². The largest absolute Gasteiger partial charge is 0.369 e. The molecule has 0 aliphatic heterocycles. The Morgan fingerprint density at radius 2 is 2.19 bits per heavy atom. The molecule has 1 aromatic rings. The van der Waals surface area contributed by atoms with Crippen molar-refractivity contribution in [2.45, 2.75) is 18.2 Å². The molecule has 0 aliphatic rings. The van der Waals surface area contributed by atoms with E-state index < -0.39 is 10.0 Å². The van der Waals surface area contributed by atoms with E-state index in [0.29, 0.717) is 10.8 Å². The van der Waals surface area contributed by atoms with Crippen LogP contribution in [0.4, 0.5) is 5.82 Å². The molecule has 1 heterocycles. The first-order valence-electron chi connectivity index (χ1n) is 4.84. The van der Waals surface area contributed by atoms with Crippen LogP contribution >= 0.6 is 11.6 Å². The van der Waals surface area contributed by atoms with E-state index in [4.69, 9.17) is 11.6 Å². The lowest BCUT2D eigenvalue weighted by molar-refractivity contribution is 0.588. The molecule has 0 spiro atoms. The van der Waals surface area contributed by atoms with Gasteiger partial charge in [-0.15, -0.1) is 0 Å². The number of hydrogen-bond acceptors (Lipinski definition) is 4. The topological polar surface area (TPSA) is 71.1 Å². The van der Waals surface area contributed by atoms with Gasteiger partial charge in [0.1, 0.15) is 10.7 Å². The highest BCUT2D eigenvalue weighted by atomic mass is 35.5. The smallest absolute Gasteiger partial charge is 0.241 e. The van der Waals surface area contributed by atoms with Crippen molar-refractivity contribution in [1.82, 2.24) is 9.71 Å². The van der Waals surface area contributed by atoms with Crippen LogP contribution in [0.5, 0.6) is 0 Å². The Kier molecular flexibility index (Phi) is 4.52. The molecule has 7 heteroatoms. The minimum atomic E-state index is -3.48. The maximum Gasteiger partial charge on any atom is 0.241 e. The van der Waals surface area contributed by atoms with Crippen molar-refractivity contribution in [2.24, 2.45) is 0 Å². The SMILES string of the molecule is CCCNc1ncc(S(=O)(=O)NC)cc1Cl. The lowest BCUT2D eigenvalue weighted by Crippen LogP contribution is -2.19. The fraction of sp³-hybridized carbons (Fsp3) is 0.444. The van der Waals surface area contributed by atoms with Gasteiger partial charge < -0.3 is 5.32 Å². The molecule has 0 amide bonds. The highest BCUT2D eigenvalue weighted by Crippen LogP contribution is 2.22. The fourth-order valence-electron chi connectivity index (χ4n) is 1.06. The Balaban J connectivity index is 3.00. The second-order valence-corrected chi connectivity index (χ2v) is 5.43. The Hall–Kier alpha value is -0.850. The first-order chi connectivity index (χ1) is 7.51. The van der Waals surface area contributed by atoms with Crippen molar-refractivity contribution >= 4 is 27.4 Å². The zero-order chi connectivity index (χ0) is 12.2. The van der Waals surface area contributed by atoms with E-state index >= 15 is 0 Å². The maximum absolute atomic E-state index is 11.4. The summed E-state index contributed by atoms with van der Waals surface area (Å²) >= 11 is 5.91. The van der Waals surface area contributed by atoms with Crippen LogP contribution in [-0.4, -0.2) is 27.0 Å². The van der Waals surface area contributed by atoms with Crippen molar-refractivity contribution in [3.05, 3.63) is 17.3 Å². The average Bonchev–Trinajstić information content (AvgIpc) is 2.27. The predicted octanol–water partition coefficient (Wildman–Crippen LogP) is 1.46. The van der Waals surface area contributed by atoms with E-state index in [1.165, 1.54) is 19.3 Å². The van der Waals surface area contributed by atoms with Gasteiger partial charge in [-0.25, -0.2) is 18.1 Å². The summed E-state index contributed by atoms with van der Waals surface area (Å²) in [6.07, 6.45) is 2.21. The molecule has 0 fully saturated rings. The summed E-state index contributed by atoms with van der Waals surface area (Å²) in [6, 6.07) is 1.37. The summed E-state index contributed by atoms with van der Waals surface area (Å²) in [4.78, 5) is 4.03. The zero-order valence-electron chi connectivity index (χ0n) is 9.12. The molecular weight excluding hydrogens is 250 g/mol. The third kappa shape index (κ3) is 3.07. The van der Waals surface area contributed by atoms with Crippen LogP contribution in [0.15, 0.2) is 17.2 Å². The van der Waals surface area contributed by atoms with Gasteiger partial charge in [0.05, 0.1) is 5.02 Å². The predicted molar refractivity (Wildman–Crippen MR) is 64.3 cm³/mol. The molecule has 0 saturated heterocycles. The second-order valence-electron chi connectivity index (χ2n) is 3.14. The minimum Gasteiger partial charge on any atom is -0.369 e. The molecule has 1 rings (SSSR count). The van der Waals surface area contributed by atoms with Crippen molar-refractivity contribution < 1.29 is 8.42 Å². The van der Waals surface area contributed by atoms with Crippen LogP contribution in [0.25, 0.3) is 0 Å². The summed E-state index contributed by atoms with van der Waals surface area (Å²) in [5.74, 6) is 0.499. The third-order valence-corrected chi connectivity index (χ3v) is 3.61. The first-order valence-corrected chi connectivity index (χ1v) is 6.70. The van der Waals surface area contributed by atoms with Gasteiger partial charge in [0.2, 0.25) is 10.0 Å². The van der Waals surface area contributed by atoms with Gasteiger partial charge in [-0.2, -0.15) is 0 Å². The molecule has 0 unspecified atom stereocenters. The van der Waals surface area contributed by atoms with Gasteiger partial charge in [0.15, 0.2) is 0 Å². The van der Waals surface area contributed by atoms with Gasteiger partial charge in [0, 0.05) is 12.7 Å². The van der Waals surface area contributed by atoms with Gasteiger partial charge in [0.25, 0.3) is 0 Å². The van der Waals surface area contributed by atoms with Gasteiger partial charge in [-0.3, -0.25) is 0 Å². The highest BCUT2D eigenvalue weighted by Gasteiger charge is 2.13. The van der Waals surface area contributed by atoms with E-state index in [1.807, 2.05) is 6.92 Å². The number of aromatic nitrogens is 1. The van der Waals surface area contributed by atoms with Crippen LogP contribution in [0.1, 0.15) is 13.3 Å². The minimum absolute atomic E-state index is 0.0575. The molecule has 5 nitrogen and oxygen atoms in total. The summed E-state index contributed by atoms with van der Waals surface area (Å²) in [5.41, 5.74) is 0. The van der Waals surface area contributed by atoms with E-state index in [0.717, 1.165) is 13.0 Å². The number of nitrogens with one attached hydrogen (secondary N) is 2. The summed E-state index contributed by atoms with van der Waals surface area (Å²) in [6.45, 7) is 2.76. The first kappa shape index (κ1) is 13.2. The quantitative estimate of drug-likeness (QED) is 0.844. The van der Waals surface area contributed by atoms with Gasteiger partial charge in [-0.1, -0.05) is 18.5 Å². The molecule has 16 heavy (non-hydrogen) atoms. The molecule has 0 aliphatic carbocycles. The number of sulfonamides is 1. The van der Waals surface area contributed by atoms with Crippen molar-refractivity contribution in [2.75, 3.05) is 18.9 Å². The number of rotatable bonds is 5. The highest BCUT2D eigenvalue weighted by molar-refractivity contribution is 7.89. The number of hydrogen-bond donors (Lipinski definition) is 2. The normalized spacial score (nSPS) is 11.4. The second kappa shape index (κ2) is 5.47. The zero-order valence-corrected chi connectivity index (χ0v) is 10.7. The fourth-order valence-corrected chi connectivity index (χ4v) is 2.06. The molecule has 90 valence electrons. The van der Waals surface area contributed by atoms with Gasteiger partial charge in [-0.05, 0) is 19.5 Å². The number of halogens is 1. The van der Waals surface area contributed by atoms with E-state index in [-0.39, 0.29) is 4.90 Å². The van der Waals surface area contributed by atoms with Crippen LogP contribution < -0.4 is 10.0 Å². The lowest BCUT2D eigenvalue weighted by Gasteiger charge is -2.07. The number of pyridine rings is 1. The Bertz CT molecular complexity index is 462. The van der Waals surface area contributed by atoms with Crippen molar-refractivity contribution in [3.8, 4) is 0 Å². The number of nitrogens with zero attached hydrogens (tertiary/aromatic N) is 1. The van der Waals surface area contributed by atoms with Crippen LogP contribution in [0.3, 0.4) is 0 Å². The molecule has 0 bridgehead atoms.